The normalized spacial score (nSPS) is 33.4. The molecule has 1 saturated carbocycles. The minimum Gasteiger partial charge on any atom is -0.390 e. The lowest BCUT2D eigenvalue weighted by Gasteiger charge is -2.47. The summed E-state index contributed by atoms with van der Waals surface area (Å²) in [6.07, 6.45) is 5.67. The summed E-state index contributed by atoms with van der Waals surface area (Å²) in [6, 6.07) is 0. The predicted molar refractivity (Wildman–Crippen MR) is 65.8 cm³/mol. The lowest BCUT2D eigenvalue weighted by molar-refractivity contribution is -0.102. The first kappa shape index (κ1) is 13.0. The zero-order chi connectivity index (χ0) is 11.7. The van der Waals surface area contributed by atoms with Crippen molar-refractivity contribution < 1.29 is 5.11 Å². The second kappa shape index (κ2) is 4.45. The highest BCUT2D eigenvalue weighted by Crippen LogP contribution is 2.46. The van der Waals surface area contributed by atoms with Crippen molar-refractivity contribution in [3.05, 3.63) is 0 Å². The molecule has 1 aliphatic carbocycles. The van der Waals surface area contributed by atoms with E-state index in [1.165, 1.54) is 19.3 Å². The molecule has 0 heterocycles. The van der Waals surface area contributed by atoms with Crippen LogP contribution in [0.2, 0.25) is 0 Å². The van der Waals surface area contributed by atoms with Crippen molar-refractivity contribution in [1.29, 1.82) is 0 Å². The molecule has 1 aliphatic rings. The predicted octanol–water partition coefficient (Wildman–Crippen LogP) is 4.00. The molecule has 0 radical (unpaired) electrons. The van der Waals surface area contributed by atoms with E-state index in [4.69, 9.17) is 0 Å². The van der Waals surface area contributed by atoms with Crippen LogP contribution in [-0.4, -0.2) is 10.7 Å². The summed E-state index contributed by atoms with van der Waals surface area (Å²) in [5.41, 5.74) is -0.158. The maximum atomic E-state index is 10.8. The van der Waals surface area contributed by atoms with E-state index >= 15 is 0 Å². The molecule has 0 aromatic carbocycles. The molecular formula is C14H28O. The SMILES string of the molecule is CC(C)CC1(O)CCCCC1C(C)(C)C. The van der Waals surface area contributed by atoms with Gasteiger partial charge in [0.25, 0.3) is 0 Å². The van der Waals surface area contributed by atoms with Crippen molar-refractivity contribution in [2.45, 2.75) is 72.3 Å². The van der Waals surface area contributed by atoms with Gasteiger partial charge in [0.05, 0.1) is 5.60 Å². The molecule has 1 nitrogen and oxygen atoms in total. The molecule has 0 saturated heterocycles. The molecule has 0 amide bonds. The van der Waals surface area contributed by atoms with Gasteiger partial charge in [-0.05, 0) is 36.5 Å². The Hall–Kier alpha value is -0.0400. The first-order valence-corrected chi connectivity index (χ1v) is 6.48. The van der Waals surface area contributed by atoms with Gasteiger partial charge < -0.3 is 5.11 Å². The van der Waals surface area contributed by atoms with Crippen LogP contribution in [0.4, 0.5) is 0 Å². The number of rotatable bonds is 2. The maximum Gasteiger partial charge on any atom is 0.0683 e. The smallest absolute Gasteiger partial charge is 0.0683 e. The second-order valence-electron chi connectivity index (χ2n) is 6.87. The average Bonchev–Trinajstić information content (AvgIpc) is 1.99. The van der Waals surface area contributed by atoms with Gasteiger partial charge in [-0.15, -0.1) is 0 Å². The lowest BCUT2D eigenvalue weighted by atomic mass is 9.62. The van der Waals surface area contributed by atoms with Crippen LogP contribution < -0.4 is 0 Å². The molecule has 15 heavy (non-hydrogen) atoms. The fraction of sp³-hybridized carbons (Fsp3) is 1.00. The van der Waals surface area contributed by atoms with Crippen LogP contribution in [0, 0.1) is 17.3 Å². The van der Waals surface area contributed by atoms with Crippen LogP contribution in [-0.2, 0) is 0 Å². The Kier molecular flexibility index (Phi) is 3.86. The van der Waals surface area contributed by atoms with Gasteiger partial charge in [-0.3, -0.25) is 0 Å². The lowest BCUT2D eigenvalue weighted by Crippen LogP contribution is -2.47. The monoisotopic (exact) mass is 212 g/mol. The van der Waals surface area contributed by atoms with E-state index in [1.54, 1.807) is 0 Å². The van der Waals surface area contributed by atoms with Crippen molar-refractivity contribution in [3.8, 4) is 0 Å². The minimum atomic E-state index is -0.398. The summed E-state index contributed by atoms with van der Waals surface area (Å²) in [7, 11) is 0. The number of hydrogen-bond donors (Lipinski definition) is 1. The molecule has 0 bridgehead atoms. The topological polar surface area (TPSA) is 20.2 Å². The van der Waals surface area contributed by atoms with Crippen LogP contribution in [0.5, 0.6) is 0 Å². The quantitative estimate of drug-likeness (QED) is 0.733. The van der Waals surface area contributed by atoms with E-state index in [9.17, 15) is 5.11 Å². The van der Waals surface area contributed by atoms with Gasteiger partial charge in [0.1, 0.15) is 0 Å². The molecule has 90 valence electrons. The van der Waals surface area contributed by atoms with E-state index in [0.29, 0.717) is 11.8 Å². The highest BCUT2D eigenvalue weighted by Gasteiger charge is 2.44. The van der Waals surface area contributed by atoms with Gasteiger partial charge in [0, 0.05) is 0 Å². The van der Waals surface area contributed by atoms with E-state index in [0.717, 1.165) is 12.8 Å². The van der Waals surface area contributed by atoms with E-state index < -0.39 is 5.60 Å². The van der Waals surface area contributed by atoms with Gasteiger partial charge in [-0.1, -0.05) is 47.5 Å². The first-order chi connectivity index (χ1) is 6.76. The van der Waals surface area contributed by atoms with Crippen LogP contribution in [0.15, 0.2) is 0 Å². The van der Waals surface area contributed by atoms with E-state index in [2.05, 4.69) is 34.6 Å². The molecular weight excluding hydrogens is 184 g/mol. The van der Waals surface area contributed by atoms with Crippen LogP contribution in [0.25, 0.3) is 0 Å². The molecule has 0 aromatic heterocycles. The summed E-state index contributed by atoms with van der Waals surface area (Å²) in [5, 5.41) is 10.8. The van der Waals surface area contributed by atoms with Crippen LogP contribution in [0.1, 0.15) is 66.7 Å². The van der Waals surface area contributed by atoms with Gasteiger partial charge >= 0.3 is 0 Å². The fourth-order valence-electron chi connectivity index (χ4n) is 3.41. The molecule has 2 atom stereocenters. The molecule has 1 rings (SSSR count). The summed E-state index contributed by atoms with van der Waals surface area (Å²) in [6.45, 7) is 11.2. The van der Waals surface area contributed by atoms with Crippen LogP contribution >= 0.6 is 0 Å². The highest BCUT2D eigenvalue weighted by molar-refractivity contribution is 4.95. The third-order valence-corrected chi connectivity index (χ3v) is 3.81. The van der Waals surface area contributed by atoms with Crippen LogP contribution in [0.3, 0.4) is 0 Å². The highest BCUT2D eigenvalue weighted by atomic mass is 16.3. The van der Waals surface area contributed by atoms with E-state index in [-0.39, 0.29) is 5.41 Å². The Morgan fingerprint density at radius 2 is 1.87 bits per heavy atom. The van der Waals surface area contributed by atoms with Crippen molar-refractivity contribution >= 4 is 0 Å². The van der Waals surface area contributed by atoms with Crippen molar-refractivity contribution in [3.63, 3.8) is 0 Å². The van der Waals surface area contributed by atoms with Gasteiger partial charge in [0.15, 0.2) is 0 Å². The standard InChI is InChI=1S/C14H28O/c1-11(2)10-14(15)9-7-6-8-12(14)13(3,4)5/h11-12,15H,6-10H2,1-5H3. The zero-order valence-corrected chi connectivity index (χ0v) is 11.1. The molecule has 1 fully saturated rings. The fourth-order valence-corrected chi connectivity index (χ4v) is 3.41. The zero-order valence-electron chi connectivity index (χ0n) is 11.1. The molecule has 1 heteroatoms. The first-order valence-electron chi connectivity index (χ1n) is 6.48. The Balaban J connectivity index is 2.81. The molecule has 1 N–H and O–H groups in total. The van der Waals surface area contributed by atoms with E-state index in [1.807, 2.05) is 0 Å². The molecule has 2 unspecified atom stereocenters. The molecule has 0 aromatic rings. The Morgan fingerprint density at radius 3 is 2.33 bits per heavy atom. The van der Waals surface area contributed by atoms with Crippen molar-refractivity contribution in [2.75, 3.05) is 0 Å². The number of aliphatic hydroxyl groups is 1. The Bertz CT molecular complexity index is 202. The van der Waals surface area contributed by atoms with Crippen molar-refractivity contribution in [1.82, 2.24) is 0 Å². The second-order valence-corrected chi connectivity index (χ2v) is 6.87. The number of hydrogen-bond acceptors (Lipinski definition) is 1. The van der Waals surface area contributed by atoms with Crippen molar-refractivity contribution in [2.24, 2.45) is 17.3 Å². The summed E-state index contributed by atoms with van der Waals surface area (Å²) in [4.78, 5) is 0. The summed E-state index contributed by atoms with van der Waals surface area (Å²) < 4.78 is 0. The average molecular weight is 212 g/mol. The van der Waals surface area contributed by atoms with Gasteiger partial charge in [-0.25, -0.2) is 0 Å². The van der Waals surface area contributed by atoms with Gasteiger partial charge in [0.2, 0.25) is 0 Å². The largest absolute Gasteiger partial charge is 0.390 e. The molecule has 0 spiro atoms. The van der Waals surface area contributed by atoms with Gasteiger partial charge in [-0.2, -0.15) is 0 Å². The Morgan fingerprint density at radius 1 is 1.27 bits per heavy atom. The maximum absolute atomic E-state index is 10.8. The Labute approximate surface area is 95.3 Å². The summed E-state index contributed by atoms with van der Waals surface area (Å²) in [5.74, 6) is 1.07. The minimum absolute atomic E-state index is 0.240. The third kappa shape index (κ3) is 3.21. The molecule has 0 aliphatic heterocycles. The third-order valence-electron chi connectivity index (χ3n) is 3.81. The summed E-state index contributed by atoms with van der Waals surface area (Å²) >= 11 is 0.